The molecule has 2 fully saturated rings. The zero-order valence-electron chi connectivity index (χ0n) is 48.7. The standard InChI is InChI=1S/C37H56O10.C17H28O4.C12H18O2/c1-9-17-42-33-30(22-25(21-26(38)13-5)32(29(41)16-8)35(33)44-19-11-3)46-37(24-28(40)15-7)36(45-20-12-4)34(43-18-10-2)31(47-37)23-27(39)14-6;1-5-9-20-13-17(11-15(18)7-3,12-16(19)8-4)14-21-10-6-2;1-5-9(6-2)11(13)12(14)10(7-3)8-4/h9-16,25-36,38-41H,1-8,17-24H2;5-8,15-16,18-19H,1-4,9-14H2;5-14H,1-4H2/t25-,26?,27?,28?,29?,30-,31+,32-,33-,34+,35-,36-,37+;;/m0../s1. The Morgan fingerprint density at radius 3 is 1.26 bits per heavy atom. The molecular formula is C66H102O16. The van der Waals surface area contributed by atoms with Crippen molar-refractivity contribution in [2.75, 3.05) is 52.9 Å². The quantitative estimate of drug-likeness (QED) is 0.0216. The molecule has 1 saturated carbocycles. The number of rotatable bonds is 46. The lowest BCUT2D eigenvalue weighted by Crippen LogP contribution is -2.61. The van der Waals surface area contributed by atoms with Crippen LogP contribution in [0, 0.1) is 29.1 Å². The molecule has 1 heterocycles. The van der Waals surface area contributed by atoms with Gasteiger partial charge in [-0.1, -0.05) is 97.2 Å². The van der Waals surface area contributed by atoms with E-state index in [2.05, 4.69) is 105 Å². The van der Waals surface area contributed by atoms with Gasteiger partial charge in [-0.15, -0.1) is 105 Å². The molecule has 0 radical (unpaired) electrons. The molecule has 462 valence electrons. The summed E-state index contributed by atoms with van der Waals surface area (Å²) in [5.41, 5.74) is -0.534. The first kappa shape index (κ1) is 77.2. The normalized spacial score (nSPS) is 25.1. The van der Waals surface area contributed by atoms with Crippen molar-refractivity contribution in [3.8, 4) is 0 Å². The zero-order valence-corrected chi connectivity index (χ0v) is 48.7. The highest BCUT2D eigenvalue weighted by Crippen LogP contribution is 2.47. The van der Waals surface area contributed by atoms with E-state index in [1.54, 1.807) is 60.8 Å². The molecule has 1 aliphatic heterocycles. The Hall–Kier alpha value is -4.80. The van der Waals surface area contributed by atoms with Crippen molar-refractivity contribution in [3.63, 3.8) is 0 Å². The summed E-state index contributed by atoms with van der Waals surface area (Å²) in [6.07, 6.45) is 13.7. The molecule has 2 rings (SSSR count). The van der Waals surface area contributed by atoms with Gasteiger partial charge in [-0.3, -0.25) is 0 Å². The molecule has 0 spiro atoms. The smallest absolute Gasteiger partial charge is 0.200 e. The van der Waals surface area contributed by atoms with Crippen LogP contribution < -0.4 is 0 Å². The van der Waals surface area contributed by atoms with Gasteiger partial charge in [0, 0.05) is 36.0 Å². The van der Waals surface area contributed by atoms with Crippen LogP contribution >= 0.6 is 0 Å². The molecule has 17 atom stereocenters. The van der Waals surface area contributed by atoms with Gasteiger partial charge < -0.3 is 78.7 Å². The van der Waals surface area contributed by atoms with E-state index in [0.717, 1.165) is 0 Å². The minimum atomic E-state index is -1.66. The first-order valence-corrected chi connectivity index (χ1v) is 27.6. The van der Waals surface area contributed by atoms with E-state index < -0.39 is 103 Å². The lowest BCUT2D eigenvalue weighted by Gasteiger charge is -2.50. The maximum Gasteiger partial charge on any atom is 0.200 e. The summed E-state index contributed by atoms with van der Waals surface area (Å²) in [4.78, 5) is 0. The molecule has 82 heavy (non-hydrogen) atoms. The van der Waals surface area contributed by atoms with Crippen molar-refractivity contribution in [1.29, 1.82) is 0 Å². The fourth-order valence-electron chi connectivity index (χ4n) is 9.86. The van der Waals surface area contributed by atoms with Crippen LogP contribution in [-0.4, -0.2) is 185 Å². The monoisotopic (exact) mass is 1150 g/mol. The van der Waals surface area contributed by atoms with Gasteiger partial charge >= 0.3 is 0 Å². The number of hydrogen-bond acceptors (Lipinski definition) is 16. The second kappa shape index (κ2) is 43.8. The Balaban J connectivity index is 0.00000153. The highest BCUT2D eigenvalue weighted by molar-refractivity contribution is 5.09. The summed E-state index contributed by atoms with van der Waals surface area (Å²) in [5.74, 6) is -3.24. The van der Waals surface area contributed by atoms with Crippen LogP contribution in [0.15, 0.2) is 202 Å². The Bertz CT molecular complexity index is 1880. The minimum absolute atomic E-state index is 0.0991. The van der Waals surface area contributed by atoms with Crippen LogP contribution in [0.3, 0.4) is 0 Å². The van der Waals surface area contributed by atoms with Gasteiger partial charge in [0.1, 0.15) is 18.3 Å². The molecule has 0 bridgehead atoms. The van der Waals surface area contributed by atoms with Crippen molar-refractivity contribution in [3.05, 3.63) is 202 Å². The summed E-state index contributed by atoms with van der Waals surface area (Å²) >= 11 is 0. The highest BCUT2D eigenvalue weighted by Gasteiger charge is 2.61. The van der Waals surface area contributed by atoms with E-state index in [-0.39, 0.29) is 69.9 Å². The molecule has 0 aromatic rings. The molecule has 1 aliphatic carbocycles. The fourth-order valence-corrected chi connectivity index (χ4v) is 9.86. The van der Waals surface area contributed by atoms with Crippen molar-refractivity contribution < 1.29 is 78.7 Å². The summed E-state index contributed by atoms with van der Waals surface area (Å²) in [6.45, 7) is 60.8. The summed E-state index contributed by atoms with van der Waals surface area (Å²) in [6, 6.07) is 0. The Morgan fingerprint density at radius 2 is 0.854 bits per heavy atom. The second-order valence-corrected chi connectivity index (χ2v) is 20.0. The maximum atomic E-state index is 11.2. The lowest BCUT2D eigenvalue weighted by molar-refractivity contribution is -0.322. The van der Waals surface area contributed by atoms with Gasteiger partial charge in [0.05, 0.1) is 120 Å². The molecule has 0 amide bonds. The first-order valence-electron chi connectivity index (χ1n) is 27.6. The molecule has 0 aromatic carbocycles. The number of aliphatic hydroxyl groups excluding tert-OH is 8. The Kier molecular flexibility index (Phi) is 41.2. The second-order valence-electron chi connectivity index (χ2n) is 20.0. The average Bonchev–Trinajstić information content (AvgIpc) is 3.92. The Morgan fingerprint density at radius 1 is 0.451 bits per heavy atom. The third kappa shape index (κ3) is 26.0. The molecule has 2 aliphatic rings. The van der Waals surface area contributed by atoms with Crippen LogP contribution in [0.25, 0.3) is 0 Å². The third-order valence-corrected chi connectivity index (χ3v) is 13.9. The van der Waals surface area contributed by atoms with Crippen molar-refractivity contribution in [2.24, 2.45) is 29.1 Å². The zero-order chi connectivity index (χ0) is 62.3. The van der Waals surface area contributed by atoms with Gasteiger partial charge in [-0.05, 0) is 31.6 Å². The van der Waals surface area contributed by atoms with Crippen LogP contribution in [0.5, 0.6) is 0 Å². The molecule has 0 aromatic heterocycles. The highest BCUT2D eigenvalue weighted by atomic mass is 16.8. The first-order chi connectivity index (χ1) is 39.2. The number of ether oxygens (including phenoxy) is 8. The average molecular weight is 1150 g/mol. The SMILES string of the molecule is C=CC(C=C)C(O)C(O)C(C=C)C=C.C=CCOCC(COCC=C)(CC(O)C=C)CC(O)C=C.C=CCO[C@@H]1[C@@H](OCC=C)[C@@H](O[C@]2(CC(O)C=C)O[C@H](CC(O)C=C)[C@@H](OCC=C)[C@@H]2OCC=C)C[C@H](CC(O)C=C)[C@H]1C(O)C=C. The summed E-state index contributed by atoms with van der Waals surface area (Å²) in [5, 5.41) is 82.8. The van der Waals surface area contributed by atoms with E-state index in [1.807, 2.05) is 0 Å². The van der Waals surface area contributed by atoms with E-state index in [0.29, 0.717) is 39.3 Å². The van der Waals surface area contributed by atoms with Gasteiger partial charge in [0.15, 0.2) is 0 Å². The van der Waals surface area contributed by atoms with Crippen LogP contribution in [0.4, 0.5) is 0 Å². The topological polar surface area (TPSA) is 236 Å². The molecule has 16 heteroatoms. The van der Waals surface area contributed by atoms with Crippen LogP contribution in [0.2, 0.25) is 0 Å². The summed E-state index contributed by atoms with van der Waals surface area (Å²) < 4.78 is 50.0. The van der Waals surface area contributed by atoms with Crippen LogP contribution in [0.1, 0.15) is 38.5 Å². The van der Waals surface area contributed by atoms with Gasteiger partial charge in [-0.25, -0.2) is 0 Å². The van der Waals surface area contributed by atoms with E-state index in [9.17, 15) is 40.9 Å². The third-order valence-electron chi connectivity index (χ3n) is 13.9. The molecule has 1 saturated heterocycles. The Labute approximate surface area is 491 Å². The summed E-state index contributed by atoms with van der Waals surface area (Å²) in [7, 11) is 0. The minimum Gasteiger partial charge on any atom is -0.389 e. The lowest BCUT2D eigenvalue weighted by atomic mass is 9.69. The van der Waals surface area contributed by atoms with Crippen LogP contribution in [-0.2, 0) is 37.9 Å². The number of aliphatic hydroxyl groups is 8. The van der Waals surface area contributed by atoms with Gasteiger partial charge in [0.2, 0.25) is 5.79 Å². The van der Waals surface area contributed by atoms with E-state index >= 15 is 0 Å². The van der Waals surface area contributed by atoms with E-state index in [1.165, 1.54) is 36.5 Å². The van der Waals surface area contributed by atoms with Crippen molar-refractivity contribution >= 4 is 0 Å². The predicted molar refractivity (Wildman–Crippen MR) is 328 cm³/mol. The fraction of sp³-hybridized carbons (Fsp3) is 0.515. The molecular weight excluding hydrogens is 1050 g/mol. The van der Waals surface area contributed by atoms with E-state index in [4.69, 9.17) is 37.9 Å². The maximum absolute atomic E-state index is 11.2. The molecule has 8 unspecified atom stereocenters. The van der Waals surface area contributed by atoms with Gasteiger partial charge in [-0.2, -0.15) is 0 Å². The van der Waals surface area contributed by atoms with Gasteiger partial charge in [0.25, 0.3) is 0 Å². The number of hydrogen-bond donors (Lipinski definition) is 8. The predicted octanol–water partition coefficient (Wildman–Crippen LogP) is 7.68. The largest absolute Gasteiger partial charge is 0.389 e. The molecule has 8 N–H and O–H groups in total. The van der Waals surface area contributed by atoms with Crippen molar-refractivity contribution in [1.82, 2.24) is 0 Å². The van der Waals surface area contributed by atoms with Crippen molar-refractivity contribution in [2.45, 2.75) is 130 Å². The molecule has 16 nitrogen and oxygen atoms in total.